The first-order chi connectivity index (χ1) is 12.7. The lowest BCUT2D eigenvalue weighted by atomic mass is 10.1. The van der Waals surface area contributed by atoms with E-state index in [0.29, 0.717) is 13.1 Å². The monoisotopic (exact) mass is 355 g/mol. The first kappa shape index (κ1) is 18.0. The van der Waals surface area contributed by atoms with Crippen molar-refractivity contribution in [3.05, 3.63) is 41.6 Å². The molecule has 3 rings (SSSR count). The Kier molecular flexibility index (Phi) is 5.88. The van der Waals surface area contributed by atoms with Gasteiger partial charge in [0.1, 0.15) is 11.6 Å². The highest BCUT2D eigenvalue weighted by Gasteiger charge is 2.18. The molecule has 0 bridgehead atoms. The molecule has 1 saturated heterocycles. The number of carbonyl (C=O) groups is 1. The summed E-state index contributed by atoms with van der Waals surface area (Å²) in [5.74, 6) is 2.42. The van der Waals surface area contributed by atoms with E-state index >= 15 is 0 Å². The maximum atomic E-state index is 10.8. The standard InChI is InChI=1S/C19H25N5O2/c1-15-12-18(20-7-6-16-4-3-5-17(13-16)26-2)22-19(21-15)24-10-8-23(14-25)9-11-24/h3-5,12-14H,6-11H2,1-2H3,(H,20,21,22). The van der Waals surface area contributed by atoms with Crippen molar-refractivity contribution in [2.24, 2.45) is 0 Å². The number of nitrogens with zero attached hydrogens (tertiary/aromatic N) is 4. The fourth-order valence-electron chi connectivity index (χ4n) is 2.98. The Morgan fingerprint density at radius 2 is 2.00 bits per heavy atom. The highest BCUT2D eigenvalue weighted by Crippen LogP contribution is 2.16. The average molecular weight is 355 g/mol. The van der Waals surface area contributed by atoms with E-state index in [0.717, 1.165) is 55.7 Å². The number of rotatable bonds is 7. The fraction of sp³-hybridized carbons (Fsp3) is 0.421. The molecule has 0 atom stereocenters. The molecule has 0 aliphatic carbocycles. The van der Waals surface area contributed by atoms with Crippen LogP contribution >= 0.6 is 0 Å². The molecule has 1 aromatic heterocycles. The highest BCUT2D eigenvalue weighted by molar-refractivity contribution is 5.49. The largest absolute Gasteiger partial charge is 0.497 e. The van der Waals surface area contributed by atoms with Crippen LogP contribution in [0.5, 0.6) is 5.75 Å². The molecular formula is C19H25N5O2. The van der Waals surface area contributed by atoms with Crippen molar-refractivity contribution in [3.63, 3.8) is 0 Å². The Hall–Kier alpha value is -2.83. The van der Waals surface area contributed by atoms with E-state index in [9.17, 15) is 4.79 Å². The lowest BCUT2D eigenvalue weighted by Crippen LogP contribution is -2.46. The second-order valence-corrected chi connectivity index (χ2v) is 6.35. The zero-order valence-electron chi connectivity index (χ0n) is 15.3. The van der Waals surface area contributed by atoms with E-state index in [1.54, 1.807) is 12.0 Å². The summed E-state index contributed by atoms with van der Waals surface area (Å²) >= 11 is 0. The molecule has 1 aromatic carbocycles. The van der Waals surface area contributed by atoms with Crippen molar-refractivity contribution < 1.29 is 9.53 Å². The minimum Gasteiger partial charge on any atom is -0.497 e. The molecule has 138 valence electrons. The van der Waals surface area contributed by atoms with Crippen LogP contribution in [0.4, 0.5) is 11.8 Å². The number of aromatic nitrogens is 2. The average Bonchev–Trinajstić information content (AvgIpc) is 2.68. The van der Waals surface area contributed by atoms with Gasteiger partial charge in [-0.05, 0) is 31.0 Å². The molecule has 7 heteroatoms. The smallest absolute Gasteiger partial charge is 0.227 e. The van der Waals surface area contributed by atoms with Crippen LogP contribution in [0.1, 0.15) is 11.3 Å². The number of aryl methyl sites for hydroxylation is 1. The molecule has 1 fully saturated rings. The summed E-state index contributed by atoms with van der Waals surface area (Å²) < 4.78 is 5.26. The molecule has 2 heterocycles. The third-order valence-electron chi connectivity index (χ3n) is 4.44. The summed E-state index contributed by atoms with van der Waals surface area (Å²) in [6.45, 7) is 5.68. The number of hydrogen-bond donors (Lipinski definition) is 1. The summed E-state index contributed by atoms with van der Waals surface area (Å²) in [6.07, 6.45) is 1.79. The van der Waals surface area contributed by atoms with E-state index in [1.165, 1.54) is 5.56 Å². The van der Waals surface area contributed by atoms with Gasteiger partial charge in [0.25, 0.3) is 0 Å². The number of amides is 1. The molecule has 1 aliphatic heterocycles. The molecule has 1 aliphatic rings. The van der Waals surface area contributed by atoms with Crippen LogP contribution < -0.4 is 15.0 Å². The van der Waals surface area contributed by atoms with Gasteiger partial charge >= 0.3 is 0 Å². The Morgan fingerprint density at radius 1 is 1.19 bits per heavy atom. The molecule has 0 unspecified atom stereocenters. The highest BCUT2D eigenvalue weighted by atomic mass is 16.5. The number of benzene rings is 1. The molecule has 0 spiro atoms. The first-order valence-electron chi connectivity index (χ1n) is 8.85. The second-order valence-electron chi connectivity index (χ2n) is 6.35. The van der Waals surface area contributed by atoms with Gasteiger partial charge in [0, 0.05) is 44.5 Å². The number of hydrogen-bond acceptors (Lipinski definition) is 6. The Bertz CT molecular complexity index is 744. The normalized spacial score (nSPS) is 14.2. The third-order valence-corrected chi connectivity index (χ3v) is 4.44. The summed E-state index contributed by atoms with van der Waals surface area (Å²) in [5.41, 5.74) is 2.14. The second kappa shape index (κ2) is 8.51. The van der Waals surface area contributed by atoms with Gasteiger partial charge in [-0.25, -0.2) is 4.98 Å². The predicted octanol–water partition coefficient (Wildman–Crippen LogP) is 1.73. The van der Waals surface area contributed by atoms with Gasteiger partial charge in [0.2, 0.25) is 12.4 Å². The number of nitrogens with one attached hydrogen (secondary N) is 1. The van der Waals surface area contributed by atoms with Crippen molar-refractivity contribution in [2.75, 3.05) is 50.1 Å². The molecule has 7 nitrogen and oxygen atoms in total. The van der Waals surface area contributed by atoms with Crippen LogP contribution in [0.15, 0.2) is 30.3 Å². The molecule has 1 N–H and O–H groups in total. The van der Waals surface area contributed by atoms with Gasteiger partial charge in [-0.3, -0.25) is 4.79 Å². The van der Waals surface area contributed by atoms with E-state index < -0.39 is 0 Å². The van der Waals surface area contributed by atoms with Crippen LogP contribution in [-0.2, 0) is 11.2 Å². The van der Waals surface area contributed by atoms with Gasteiger partial charge in [0.05, 0.1) is 7.11 Å². The van der Waals surface area contributed by atoms with Gasteiger partial charge in [-0.15, -0.1) is 0 Å². The molecular weight excluding hydrogens is 330 g/mol. The van der Waals surface area contributed by atoms with Crippen molar-refractivity contribution in [2.45, 2.75) is 13.3 Å². The summed E-state index contributed by atoms with van der Waals surface area (Å²) in [7, 11) is 1.68. The zero-order valence-corrected chi connectivity index (χ0v) is 15.3. The Morgan fingerprint density at radius 3 is 2.73 bits per heavy atom. The third kappa shape index (κ3) is 4.62. The summed E-state index contributed by atoms with van der Waals surface area (Å²) in [5, 5.41) is 3.39. The van der Waals surface area contributed by atoms with Crippen molar-refractivity contribution in [1.82, 2.24) is 14.9 Å². The predicted molar refractivity (Wildman–Crippen MR) is 102 cm³/mol. The quantitative estimate of drug-likeness (QED) is 0.763. The van der Waals surface area contributed by atoms with Gasteiger partial charge in [-0.2, -0.15) is 4.98 Å². The number of anilines is 2. The zero-order chi connectivity index (χ0) is 18.4. The lowest BCUT2D eigenvalue weighted by molar-refractivity contribution is -0.118. The van der Waals surface area contributed by atoms with E-state index in [4.69, 9.17) is 4.74 Å². The minimum atomic E-state index is 0.708. The SMILES string of the molecule is COc1cccc(CCNc2cc(C)nc(N3CCN(C=O)CC3)n2)c1. The number of piperazine rings is 1. The van der Waals surface area contributed by atoms with Gasteiger partial charge < -0.3 is 19.9 Å². The summed E-state index contributed by atoms with van der Waals surface area (Å²) in [4.78, 5) is 23.9. The molecule has 26 heavy (non-hydrogen) atoms. The van der Waals surface area contributed by atoms with Crippen LogP contribution in [-0.4, -0.2) is 61.1 Å². The van der Waals surface area contributed by atoms with Crippen LogP contribution in [0.2, 0.25) is 0 Å². The van der Waals surface area contributed by atoms with Crippen molar-refractivity contribution in [3.8, 4) is 5.75 Å². The van der Waals surface area contributed by atoms with Crippen LogP contribution in [0.3, 0.4) is 0 Å². The summed E-state index contributed by atoms with van der Waals surface area (Å²) in [6, 6.07) is 10.0. The molecule has 0 radical (unpaired) electrons. The topological polar surface area (TPSA) is 70.6 Å². The van der Waals surface area contributed by atoms with Gasteiger partial charge in [-0.1, -0.05) is 12.1 Å². The molecule has 2 aromatic rings. The van der Waals surface area contributed by atoms with Crippen molar-refractivity contribution >= 4 is 18.2 Å². The Labute approximate surface area is 154 Å². The number of ether oxygens (including phenoxy) is 1. The van der Waals surface area contributed by atoms with E-state index in [2.05, 4.69) is 26.3 Å². The van der Waals surface area contributed by atoms with E-state index in [-0.39, 0.29) is 0 Å². The molecule has 0 saturated carbocycles. The fourth-order valence-corrected chi connectivity index (χ4v) is 2.98. The lowest BCUT2D eigenvalue weighted by Gasteiger charge is -2.32. The number of methoxy groups -OCH3 is 1. The Balaban J connectivity index is 1.59. The number of carbonyl (C=O) groups excluding carboxylic acids is 1. The maximum Gasteiger partial charge on any atom is 0.227 e. The minimum absolute atomic E-state index is 0.708. The molecule has 1 amide bonds. The van der Waals surface area contributed by atoms with Crippen molar-refractivity contribution in [1.29, 1.82) is 0 Å². The van der Waals surface area contributed by atoms with Gasteiger partial charge in [0.15, 0.2) is 0 Å². The van der Waals surface area contributed by atoms with Crippen LogP contribution in [0.25, 0.3) is 0 Å². The maximum absolute atomic E-state index is 10.8. The first-order valence-corrected chi connectivity index (χ1v) is 8.85. The van der Waals surface area contributed by atoms with E-state index in [1.807, 2.05) is 31.2 Å². The van der Waals surface area contributed by atoms with Crippen LogP contribution in [0, 0.1) is 6.92 Å².